The molecule has 1 atom stereocenters. The maximum Gasteiger partial charge on any atom is 0.295 e. The SMILES string of the molecule is COc1cccc2cc(C(=O)C3=C(O)C(=O)N(c4cc(C)on4)C3c3ccco3)oc12. The number of carbonyl (C=O) groups is 2. The molecule has 1 aliphatic rings. The number of ether oxygens (including phenoxy) is 1. The van der Waals surface area contributed by atoms with Crippen molar-refractivity contribution in [1.82, 2.24) is 5.16 Å². The van der Waals surface area contributed by atoms with Crippen molar-refractivity contribution < 1.29 is 32.8 Å². The molecule has 0 spiro atoms. The number of ketones is 1. The number of Topliss-reactive ketones (excluding diaryl/α,β-unsaturated/α-hetero) is 1. The summed E-state index contributed by atoms with van der Waals surface area (Å²) in [6, 6.07) is 10.5. The molecule has 1 aromatic carbocycles. The lowest BCUT2D eigenvalue weighted by molar-refractivity contribution is -0.117. The summed E-state index contributed by atoms with van der Waals surface area (Å²) in [6.07, 6.45) is 1.41. The lowest BCUT2D eigenvalue weighted by atomic mass is 9.99. The number of carbonyl (C=O) groups excluding carboxylic acids is 2. The van der Waals surface area contributed by atoms with Gasteiger partial charge in [0, 0.05) is 11.5 Å². The van der Waals surface area contributed by atoms with Crippen molar-refractivity contribution in [3.63, 3.8) is 0 Å². The van der Waals surface area contributed by atoms with Crippen LogP contribution in [-0.2, 0) is 4.79 Å². The fourth-order valence-corrected chi connectivity index (χ4v) is 3.70. The average Bonchev–Trinajstić information content (AvgIpc) is 3.54. The number of anilines is 1. The third-order valence-corrected chi connectivity index (χ3v) is 5.08. The number of furan rings is 2. The highest BCUT2D eigenvalue weighted by atomic mass is 16.5. The van der Waals surface area contributed by atoms with E-state index in [1.165, 1.54) is 25.5 Å². The van der Waals surface area contributed by atoms with Gasteiger partial charge in [-0.2, -0.15) is 0 Å². The molecule has 4 aromatic rings. The number of aromatic nitrogens is 1. The summed E-state index contributed by atoms with van der Waals surface area (Å²) in [5.74, 6) is -0.883. The molecule has 9 heteroatoms. The first kappa shape index (κ1) is 18.7. The number of hydrogen-bond acceptors (Lipinski definition) is 8. The number of para-hydroxylation sites is 1. The van der Waals surface area contributed by atoms with Gasteiger partial charge in [-0.15, -0.1) is 0 Å². The second-order valence-corrected chi connectivity index (χ2v) is 6.97. The van der Waals surface area contributed by atoms with Gasteiger partial charge in [-0.1, -0.05) is 17.3 Å². The molecule has 0 fully saturated rings. The third-order valence-electron chi connectivity index (χ3n) is 5.08. The molecule has 4 heterocycles. The average molecular weight is 420 g/mol. The summed E-state index contributed by atoms with van der Waals surface area (Å²) in [7, 11) is 1.49. The van der Waals surface area contributed by atoms with E-state index in [1.807, 2.05) is 0 Å². The van der Waals surface area contributed by atoms with Gasteiger partial charge in [0.15, 0.2) is 28.7 Å². The zero-order chi connectivity index (χ0) is 21.7. The molecule has 5 rings (SSSR count). The molecule has 1 unspecified atom stereocenters. The molecule has 0 radical (unpaired) electrons. The Morgan fingerprint density at radius 1 is 1.23 bits per heavy atom. The number of aliphatic hydroxyl groups excluding tert-OH is 1. The molecule has 1 amide bonds. The number of methoxy groups -OCH3 is 1. The largest absolute Gasteiger partial charge is 0.503 e. The minimum absolute atomic E-state index is 0.0522. The van der Waals surface area contributed by atoms with E-state index in [0.717, 1.165) is 4.90 Å². The van der Waals surface area contributed by atoms with Gasteiger partial charge in [0.05, 0.1) is 18.9 Å². The predicted molar refractivity (Wildman–Crippen MR) is 107 cm³/mol. The Hall–Kier alpha value is -4.27. The number of aliphatic hydroxyl groups is 1. The van der Waals surface area contributed by atoms with Crippen LogP contribution in [0, 0.1) is 6.92 Å². The Balaban J connectivity index is 1.64. The number of hydrogen-bond donors (Lipinski definition) is 1. The molecule has 1 N–H and O–H groups in total. The lowest BCUT2D eigenvalue weighted by Gasteiger charge is -2.21. The Labute approximate surface area is 175 Å². The van der Waals surface area contributed by atoms with Crippen molar-refractivity contribution in [2.24, 2.45) is 0 Å². The molecule has 3 aromatic heterocycles. The van der Waals surface area contributed by atoms with Crippen LogP contribution in [0.2, 0.25) is 0 Å². The fourth-order valence-electron chi connectivity index (χ4n) is 3.70. The summed E-state index contributed by atoms with van der Waals surface area (Å²) in [5.41, 5.74) is 0.204. The van der Waals surface area contributed by atoms with Crippen LogP contribution < -0.4 is 9.64 Å². The summed E-state index contributed by atoms with van der Waals surface area (Å²) in [6.45, 7) is 1.67. The Kier molecular flexibility index (Phi) is 4.18. The van der Waals surface area contributed by atoms with Crippen LogP contribution in [0.1, 0.15) is 28.1 Å². The molecule has 0 bridgehead atoms. The van der Waals surface area contributed by atoms with Crippen molar-refractivity contribution in [2.45, 2.75) is 13.0 Å². The monoisotopic (exact) mass is 420 g/mol. The van der Waals surface area contributed by atoms with Gasteiger partial charge in [0.2, 0.25) is 5.78 Å². The number of nitrogens with zero attached hydrogens (tertiary/aromatic N) is 2. The fraction of sp³-hybridized carbons (Fsp3) is 0.136. The first-order valence-electron chi connectivity index (χ1n) is 9.34. The molecule has 0 aliphatic carbocycles. The molecular weight excluding hydrogens is 404 g/mol. The third kappa shape index (κ3) is 2.82. The normalized spacial score (nSPS) is 16.5. The zero-order valence-corrected chi connectivity index (χ0v) is 16.5. The van der Waals surface area contributed by atoms with Gasteiger partial charge in [-0.25, -0.2) is 0 Å². The topological polar surface area (TPSA) is 119 Å². The lowest BCUT2D eigenvalue weighted by Crippen LogP contribution is -2.31. The van der Waals surface area contributed by atoms with E-state index in [1.54, 1.807) is 37.3 Å². The zero-order valence-electron chi connectivity index (χ0n) is 16.5. The number of amides is 1. The highest BCUT2D eigenvalue weighted by Crippen LogP contribution is 2.42. The van der Waals surface area contributed by atoms with Gasteiger partial charge in [0.1, 0.15) is 17.6 Å². The molecule has 9 nitrogen and oxygen atoms in total. The highest BCUT2D eigenvalue weighted by molar-refractivity contribution is 6.20. The highest BCUT2D eigenvalue weighted by Gasteiger charge is 2.47. The van der Waals surface area contributed by atoms with Crippen LogP contribution in [0.15, 0.2) is 73.4 Å². The molecule has 31 heavy (non-hydrogen) atoms. The van der Waals surface area contributed by atoms with Crippen LogP contribution >= 0.6 is 0 Å². The van der Waals surface area contributed by atoms with Crippen LogP contribution in [0.25, 0.3) is 11.0 Å². The van der Waals surface area contributed by atoms with Crippen molar-refractivity contribution in [2.75, 3.05) is 12.0 Å². The summed E-state index contributed by atoms with van der Waals surface area (Å²) in [5, 5.41) is 15.2. The van der Waals surface area contributed by atoms with Crippen molar-refractivity contribution >= 4 is 28.5 Å². The first-order valence-corrected chi connectivity index (χ1v) is 9.34. The van der Waals surface area contributed by atoms with Crippen LogP contribution in [0.4, 0.5) is 5.82 Å². The van der Waals surface area contributed by atoms with E-state index in [0.29, 0.717) is 22.5 Å². The van der Waals surface area contributed by atoms with Crippen molar-refractivity contribution in [1.29, 1.82) is 0 Å². The van der Waals surface area contributed by atoms with Crippen molar-refractivity contribution in [3.8, 4) is 5.75 Å². The molecule has 1 aliphatic heterocycles. The van der Waals surface area contributed by atoms with Gasteiger partial charge in [-0.05, 0) is 31.2 Å². The molecule has 0 saturated carbocycles. The number of fused-ring (bicyclic) bond motifs is 1. The first-order chi connectivity index (χ1) is 15.0. The second kappa shape index (κ2) is 6.91. The van der Waals surface area contributed by atoms with Crippen LogP contribution in [0.3, 0.4) is 0 Å². The molecule has 156 valence electrons. The number of aryl methyl sites for hydroxylation is 1. The van der Waals surface area contributed by atoms with Gasteiger partial charge < -0.3 is 23.2 Å². The molecular formula is C22H16N2O7. The summed E-state index contributed by atoms with van der Waals surface area (Å²) >= 11 is 0. The van der Waals surface area contributed by atoms with Crippen LogP contribution in [0.5, 0.6) is 5.75 Å². The van der Waals surface area contributed by atoms with E-state index >= 15 is 0 Å². The van der Waals surface area contributed by atoms with Gasteiger partial charge in [0.25, 0.3) is 5.91 Å². The van der Waals surface area contributed by atoms with Gasteiger partial charge >= 0.3 is 0 Å². The smallest absolute Gasteiger partial charge is 0.295 e. The number of rotatable bonds is 5. The minimum atomic E-state index is -1.05. The molecule has 0 saturated heterocycles. The summed E-state index contributed by atoms with van der Waals surface area (Å²) < 4.78 is 21.6. The van der Waals surface area contributed by atoms with E-state index in [-0.39, 0.29) is 22.9 Å². The van der Waals surface area contributed by atoms with Crippen molar-refractivity contribution in [3.05, 3.63) is 77.3 Å². The maximum absolute atomic E-state index is 13.4. The maximum atomic E-state index is 13.4. The minimum Gasteiger partial charge on any atom is -0.503 e. The van der Waals surface area contributed by atoms with E-state index in [2.05, 4.69) is 5.16 Å². The Bertz CT molecular complexity index is 1340. The standard InChI is InChI=1S/C22H16N2O7/c1-11-9-16(23-31-11)24-18(13-7-4-8-29-13)17(20(26)22(24)27)19(25)15-10-12-5-3-6-14(28-2)21(12)30-15/h3-10,18,26H,1-2H3. The quantitative estimate of drug-likeness (QED) is 0.479. The Morgan fingerprint density at radius 2 is 2.06 bits per heavy atom. The van der Waals surface area contributed by atoms with E-state index < -0.39 is 23.5 Å². The van der Waals surface area contributed by atoms with E-state index in [9.17, 15) is 14.7 Å². The summed E-state index contributed by atoms with van der Waals surface area (Å²) in [4.78, 5) is 27.5. The Morgan fingerprint density at radius 3 is 2.74 bits per heavy atom. The second-order valence-electron chi connectivity index (χ2n) is 6.97. The number of benzene rings is 1. The van der Waals surface area contributed by atoms with Gasteiger partial charge in [-0.3, -0.25) is 14.5 Å². The van der Waals surface area contributed by atoms with E-state index in [4.69, 9.17) is 18.1 Å². The van der Waals surface area contributed by atoms with Crippen LogP contribution in [-0.4, -0.2) is 29.1 Å². The predicted octanol–water partition coefficient (Wildman–Crippen LogP) is 4.11.